The first-order valence-corrected chi connectivity index (χ1v) is 7.51. The second-order valence-corrected chi connectivity index (χ2v) is 6.03. The molecule has 3 aromatic rings. The predicted octanol–water partition coefficient (Wildman–Crippen LogP) is 5.32. The third kappa shape index (κ3) is 2.69. The van der Waals surface area contributed by atoms with E-state index in [1.54, 1.807) is 0 Å². The SMILES string of the molecule is Cc1ccc(-c2noc(N)c2-c2ccc(Cl)cc2)cc1Br. The van der Waals surface area contributed by atoms with Crippen molar-refractivity contribution in [1.82, 2.24) is 5.16 Å². The van der Waals surface area contributed by atoms with Crippen molar-refractivity contribution in [1.29, 1.82) is 0 Å². The number of hydrogen-bond acceptors (Lipinski definition) is 3. The summed E-state index contributed by atoms with van der Waals surface area (Å²) >= 11 is 9.46. The first-order chi connectivity index (χ1) is 10.1. The summed E-state index contributed by atoms with van der Waals surface area (Å²) in [6.07, 6.45) is 0. The number of aryl methyl sites for hydroxylation is 1. The van der Waals surface area contributed by atoms with Gasteiger partial charge in [0.25, 0.3) is 0 Å². The Morgan fingerprint density at radius 2 is 1.76 bits per heavy atom. The molecule has 21 heavy (non-hydrogen) atoms. The smallest absolute Gasteiger partial charge is 0.230 e. The van der Waals surface area contributed by atoms with Crippen molar-refractivity contribution in [3.63, 3.8) is 0 Å². The van der Waals surface area contributed by atoms with Crippen LogP contribution in [0.15, 0.2) is 51.5 Å². The van der Waals surface area contributed by atoms with Gasteiger partial charge in [-0.3, -0.25) is 0 Å². The Morgan fingerprint density at radius 3 is 2.43 bits per heavy atom. The molecule has 0 unspecified atom stereocenters. The molecule has 0 aliphatic rings. The van der Waals surface area contributed by atoms with Crippen molar-refractivity contribution >= 4 is 33.4 Å². The Balaban J connectivity index is 2.16. The lowest BCUT2D eigenvalue weighted by Crippen LogP contribution is -1.88. The highest BCUT2D eigenvalue weighted by Gasteiger charge is 2.17. The number of hydrogen-bond donors (Lipinski definition) is 1. The van der Waals surface area contributed by atoms with Gasteiger partial charge in [-0.1, -0.05) is 57.0 Å². The first-order valence-electron chi connectivity index (χ1n) is 6.34. The van der Waals surface area contributed by atoms with E-state index in [-0.39, 0.29) is 0 Å². The van der Waals surface area contributed by atoms with E-state index in [1.165, 1.54) is 0 Å². The van der Waals surface area contributed by atoms with Crippen LogP contribution in [-0.2, 0) is 0 Å². The molecular weight excluding hydrogens is 352 g/mol. The molecule has 1 aromatic heterocycles. The van der Waals surface area contributed by atoms with Gasteiger partial charge in [-0.05, 0) is 36.2 Å². The molecule has 3 nitrogen and oxygen atoms in total. The Morgan fingerprint density at radius 1 is 1.10 bits per heavy atom. The second kappa shape index (κ2) is 5.54. The fourth-order valence-electron chi connectivity index (χ4n) is 2.14. The molecule has 0 spiro atoms. The maximum atomic E-state index is 5.94. The van der Waals surface area contributed by atoms with Crippen LogP contribution in [0.3, 0.4) is 0 Å². The Hall–Kier alpha value is -1.78. The molecule has 2 N–H and O–H groups in total. The average molecular weight is 364 g/mol. The van der Waals surface area contributed by atoms with Crippen LogP contribution in [0.2, 0.25) is 5.02 Å². The molecule has 0 saturated heterocycles. The maximum Gasteiger partial charge on any atom is 0.230 e. The fourth-order valence-corrected chi connectivity index (χ4v) is 2.64. The summed E-state index contributed by atoms with van der Waals surface area (Å²) in [6, 6.07) is 13.5. The minimum Gasteiger partial charge on any atom is -0.367 e. The summed E-state index contributed by atoms with van der Waals surface area (Å²) in [5, 5.41) is 4.78. The maximum absolute atomic E-state index is 5.94. The number of anilines is 1. The second-order valence-electron chi connectivity index (χ2n) is 4.74. The van der Waals surface area contributed by atoms with Crippen LogP contribution in [0.4, 0.5) is 5.88 Å². The quantitative estimate of drug-likeness (QED) is 0.671. The lowest BCUT2D eigenvalue weighted by molar-refractivity contribution is 0.439. The van der Waals surface area contributed by atoms with Crippen LogP contribution < -0.4 is 5.73 Å². The van der Waals surface area contributed by atoms with Crippen molar-refractivity contribution in [2.24, 2.45) is 0 Å². The van der Waals surface area contributed by atoms with E-state index in [1.807, 2.05) is 49.4 Å². The molecule has 0 saturated carbocycles. The first kappa shape index (κ1) is 14.2. The van der Waals surface area contributed by atoms with Gasteiger partial charge in [0, 0.05) is 15.1 Å². The summed E-state index contributed by atoms with van der Waals surface area (Å²) in [5.74, 6) is 0.295. The molecule has 5 heteroatoms. The van der Waals surface area contributed by atoms with Gasteiger partial charge in [-0.15, -0.1) is 0 Å². The summed E-state index contributed by atoms with van der Waals surface area (Å²) in [4.78, 5) is 0. The van der Waals surface area contributed by atoms with E-state index in [4.69, 9.17) is 21.9 Å². The summed E-state index contributed by atoms with van der Waals surface area (Å²) in [6.45, 7) is 2.03. The van der Waals surface area contributed by atoms with E-state index < -0.39 is 0 Å². The van der Waals surface area contributed by atoms with E-state index >= 15 is 0 Å². The van der Waals surface area contributed by atoms with Gasteiger partial charge < -0.3 is 10.3 Å². The van der Waals surface area contributed by atoms with Crippen molar-refractivity contribution in [3.05, 3.63) is 57.5 Å². The van der Waals surface area contributed by atoms with E-state index in [0.29, 0.717) is 10.9 Å². The summed E-state index contributed by atoms with van der Waals surface area (Å²) in [5.41, 5.74) is 10.5. The number of nitrogen functional groups attached to an aromatic ring is 1. The molecule has 0 aliphatic heterocycles. The van der Waals surface area contributed by atoms with Crippen LogP contribution in [0, 0.1) is 6.92 Å². The van der Waals surface area contributed by atoms with Crippen LogP contribution in [-0.4, -0.2) is 5.16 Å². The Labute approximate surface area is 135 Å². The van der Waals surface area contributed by atoms with Crippen LogP contribution in [0.5, 0.6) is 0 Å². The third-order valence-corrected chi connectivity index (χ3v) is 4.40. The number of nitrogens with zero attached hydrogens (tertiary/aromatic N) is 1. The van der Waals surface area contributed by atoms with Crippen molar-refractivity contribution in [3.8, 4) is 22.4 Å². The zero-order chi connectivity index (χ0) is 15.0. The molecule has 0 fully saturated rings. The number of rotatable bonds is 2. The van der Waals surface area contributed by atoms with Gasteiger partial charge in [0.05, 0.1) is 5.56 Å². The fraction of sp³-hybridized carbons (Fsp3) is 0.0625. The van der Waals surface area contributed by atoms with Gasteiger partial charge >= 0.3 is 0 Å². The van der Waals surface area contributed by atoms with Crippen LogP contribution in [0.1, 0.15) is 5.56 Å². The molecule has 0 radical (unpaired) electrons. The molecule has 2 aromatic carbocycles. The molecule has 3 rings (SSSR count). The number of halogens is 2. The highest BCUT2D eigenvalue weighted by molar-refractivity contribution is 9.10. The van der Waals surface area contributed by atoms with E-state index in [9.17, 15) is 0 Å². The van der Waals surface area contributed by atoms with Crippen molar-refractivity contribution in [2.45, 2.75) is 6.92 Å². The zero-order valence-corrected chi connectivity index (χ0v) is 13.6. The number of aromatic nitrogens is 1. The molecule has 0 aliphatic carbocycles. The van der Waals surface area contributed by atoms with E-state index in [0.717, 1.165) is 32.4 Å². The van der Waals surface area contributed by atoms with Gasteiger partial charge in [-0.2, -0.15) is 0 Å². The highest BCUT2D eigenvalue weighted by atomic mass is 79.9. The van der Waals surface area contributed by atoms with Crippen LogP contribution in [0.25, 0.3) is 22.4 Å². The average Bonchev–Trinajstić information content (AvgIpc) is 2.85. The lowest BCUT2D eigenvalue weighted by atomic mass is 10.0. The van der Waals surface area contributed by atoms with Gasteiger partial charge in [-0.25, -0.2) is 0 Å². The molecule has 0 amide bonds. The van der Waals surface area contributed by atoms with E-state index in [2.05, 4.69) is 21.1 Å². The Kier molecular flexibility index (Phi) is 3.74. The van der Waals surface area contributed by atoms with Crippen LogP contribution >= 0.6 is 27.5 Å². The Bertz CT molecular complexity index is 797. The highest BCUT2D eigenvalue weighted by Crippen LogP contribution is 2.37. The third-order valence-electron chi connectivity index (χ3n) is 3.30. The van der Waals surface area contributed by atoms with Gasteiger partial charge in [0.2, 0.25) is 5.88 Å². The topological polar surface area (TPSA) is 52.0 Å². The predicted molar refractivity (Wildman–Crippen MR) is 89.2 cm³/mol. The monoisotopic (exact) mass is 362 g/mol. The minimum absolute atomic E-state index is 0.295. The lowest BCUT2D eigenvalue weighted by Gasteiger charge is -2.05. The molecule has 106 valence electrons. The normalized spacial score (nSPS) is 10.8. The molecule has 1 heterocycles. The molecular formula is C16H12BrClN2O. The molecule has 0 atom stereocenters. The largest absolute Gasteiger partial charge is 0.367 e. The number of nitrogens with two attached hydrogens (primary N) is 1. The van der Waals surface area contributed by atoms with Gasteiger partial charge in [0.15, 0.2) is 0 Å². The zero-order valence-electron chi connectivity index (χ0n) is 11.2. The number of benzene rings is 2. The minimum atomic E-state index is 0.295. The van der Waals surface area contributed by atoms with Crippen molar-refractivity contribution in [2.75, 3.05) is 5.73 Å². The summed E-state index contributed by atoms with van der Waals surface area (Å²) < 4.78 is 6.20. The standard InChI is InChI=1S/C16H12BrClN2O/c1-9-2-3-11(8-13(9)17)15-14(16(19)21-20-15)10-4-6-12(18)7-5-10/h2-8H,19H2,1H3. The van der Waals surface area contributed by atoms with Gasteiger partial charge in [0.1, 0.15) is 5.69 Å². The van der Waals surface area contributed by atoms with Crippen molar-refractivity contribution < 1.29 is 4.52 Å². The summed E-state index contributed by atoms with van der Waals surface area (Å²) in [7, 11) is 0. The molecule has 0 bridgehead atoms.